The van der Waals surface area contributed by atoms with Gasteiger partial charge in [0.2, 0.25) is 11.7 Å². The van der Waals surface area contributed by atoms with Crippen molar-refractivity contribution in [2.45, 2.75) is 19.0 Å². The van der Waals surface area contributed by atoms with Crippen LogP contribution in [0.15, 0.2) is 36.5 Å². The molecule has 2 aromatic heterocycles. The summed E-state index contributed by atoms with van der Waals surface area (Å²) in [4.78, 5) is 15.7. The van der Waals surface area contributed by atoms with E-state index in [1.807, 2.05) is 0 Å². The van der Waals surface area contributed by atoms with E-state index in [0.717, 1.165) is 0 Å². The van der Waals surface area contributed by atoms with Crippen LogP contribution < -0.4 is 10.5 Å². The summed E-state index contributed by atoms with van der Waals surface area (Å²) < 4.78 is 19.7. The highest BCUT2D eigenvalue weighted by molar-refractivity contribution is 6.30. The summed E-state index contributed by atoms with van der Waals surface area (Å²) in [5.74, 6) is -1.31. The highest BCUT2D eigenvalue weighted by Crippen LogP contribution is 2.27. The second-order valence-electron chi connectivity index (χ2n) is 5.59. The molecule has 140 valence electrons. The Morgan fingerprint density at radius 3 is 2.85 bits per heavy atom. The van der Waals surface area contributed by atoms with Crippen LogP contribution in [-0.4, -0.2) is 42.3 Å². The van der Waals surface area contributed by atoms with E-state index in [0.29, 0.717) is 10.6 Å². The van der Waals surface area contributed by atoms with Crippen molar-refractivity contribution in [3.05, 3.63) is 47.4 Å². The lowest BCUT2D eigenvalue weighted by molar-refractivity contribution is -0.137. The van der Waals surface area contributed by atoms with Crippen molar-refractivity contribution in [2.24, 2.45) is 5.73 Å². The third-order valence-corrected chi connectivity index (χ3v) is 3.62. The van der Waals surface area contributed by atoms with Gasteiger partial charge in [-0.2, -0.15) is 4.80 Å². The van der Waals surface area contributed by atoms with Crippen LogP contribution in [0.25, 0.3) is 11.4 Å². The van der Waals surface area contributed by atoms with Gasteiger partial charge in [0.25, 0.3) is 0 Å². The van der Waals surface area contributed by atoms with Crippen LogP contribution in [0.2, 0.25) is 5.02 Å². The number of nitrogens with two attached hydrogens (primary N) is 1. The van der Waals surface area contributed by atoms with Crippen molar-refractivity contribution < 1.29 is 19.0 Å². The molecule has 1 aromatic carbocycles. The summed E-state index contributed by atoms with van der Waals surface area (Å²) in [6.45, 7) is 0.0746. The Labute approximate surface area is 157 Å². The number of halogens is 2. The lowest BCUT2D eigenvalue weighted by atomic mass is 10.2. The Kier molecular flexibility index (Phi) is 5.57. The van der Waals surface area contributed by atoms with Gasteiger partial charge in [-0.1, -0.05) is 11.6 Å². The molecule has 3 aromatic rings. The number of pyridine rings is 1. The molecule has 0 fully saturated rings. The molecule has 0 aliphatic heterocycles. The molecule has 0 aliphatic carbocycles. The molecule has 9 nitrogen and oxygen atoms in total. The summed E-state index contributed by atoms with van der Waals surface area (Å²) in [7, 11) is 0. The van der Waals surface area contributed by atoms with E-state index >= 15 is 0 Å². The van der Waals surface area contributed by atoms with Gasteiger partial charge in [-0.05, 0) is 29.5 Å². The number of aromatic nitrogens is 5. The molecule has 0 amide bonds. The quantitative estimate of drug-likeness (QED) is 0.625. The van der Waals surface area contributed by atoms with Crippen molar-refractivity contribution in [3.8, 4) is 23.0 Å². The predicted octanol–water partition coefficient (Wildman–Crippen LogP) is 2.12. The van der Waals surface area contributed by atoms with Crippen LogP contribution >= 0.6 is 11.6 Å². The second kappa shape index (κ2) is 8.06. The van der Waals surface area contributed by atoms with Gasteiger partial charge in [-0.15, -0.1) is 10.2 Å². The van der Waals surface area contributed by atoms with E-state index in [-0.39, 0.29) is 30.4 Å². The number of tetrazole rings is 1. The van der Waals surface area contributed by atoms with Crippen LogP contribution in [0.1, 0.15) is 6.42 Å². The topological polar surface area (TPSA) is 129 Å². The minimum absolute atomic E-state index is 0.0237. The van der Waals surface area contributed by atoms with Crippen molar-refractivity contribution >= 4 is 17.6 Å². The fraction of sp³-hybridized carbons (Fsp3) is 0.188. The molecule has 0 bridgehead atoms. The molecule has 0 unspecified atom stereocenters. The van der Waals surface area contributed by atoms with E-state index in [1.165, 1.54) is 29.2 Å². The van der Waals surface area contributed by atoms with Crippen molar-refractivity contribution in [1.82, 2.24) is 25.2 Å². The SMILES string of the molecule is N[C@@H](CC(=O)O)Cn1nnc(-c2ccc(Oc3ccc(Cl)cn3)c(F)c2)n1. The molecule has 0 saturated heterocycles. The van der Waals surface area contributed by atoms with Gasteiger partial charge in [0.05, 0.1) is 18.0 Å². The average Bonchev–Trinajstić information content (AvgIpc) is 3.06. The average molecular weight is 393 g/mol. The van der Waals surface area contributed by atoms with Crippen LogP contribution in [0.4, 0.5) is 4.39 Å². The largest absolute Gasteiger partial charge is 0.481 e. The van der Waals surface area contributed by atoms with Crippen LogP contribution in [0.3, 0.4) is 0 Å². The summed E-state index contributed by atoms with van der Waals surface area (Å²) in [5, 5.41) is 20.9. The highest BCUT2D eigenvalue weighted by Gasteiger charge is 2.14. The lowest BCUT2D eigenvalue weighted by Gasteiger charge is -2.07. The molecule has 0 spiro atoms. The fourth-order valence-corrected chi connectivity index (χ4v) is 2.30. The van der Waals surface area contributed by atoms with E-state index in [1.54, 1.807) is 12.1 Å². The Bertz CT molecular complexity index is 950. The first-order valence-electron chi connectivity index (χ1n) is 7.75. The number of aliphatic carboxylic acids is 1. The van der Waals surface area contributed by atoms with E-state index in [2.05, 4.69) is 20.4 Å². The number of hydrogen-bond donors (Lipinski definition) is 2. The minimum Gasteiger partial charge on any atom is -0.481 e. The van der Waals surface area contributed by atoms with Gasteiger partial charge in [-0.25, -0.2) is 9.37 Å². The third-order valence-electron chi connectivity index (χ3n) is 3.39. The standard InChI is InChI=1S/C16H14ClFN6O3/c17-10-2-4-14(20-7-10)27-13-3-1-9(5-12(13)18)16-21-23-24(22-16)8-11(19)6-15(25)26/h1-5,7,11H,6,8,19H2,(H,25,26)/t11-/m0/s1. The second-order valence-corrected chi connectivity index (χ2v) is 6.02. The maximum absolute atomic E-state index is 14.3. The van der Waals surface area contributed by atoms with Gasteiger partial charge in [0.1, 0.15) is 0 Å². The molecule has 2 heterocycles. The smallest absolute Gasteiger partial charge is 0.304 e. The van der Waals surface area contributed by atoms with E-state index in [4.69, 9.17) is 27.2 Å². The molecule has 0 aliphatic rings. The van der Waals surface area contributed by atoms with Crippen molar-refractivity contribution in [1.29, 1.82) is 0 Å². The number of hydrogen-bond acceptors (Lipinski definition) is 7. The van der Waals surface area contributed by atoms with Crippen LogP contribution in [0.5, 0.6) is 11.6 Å². The zero-order chi connectivity index (χ0) is 19.4. The molecule has 3 rings (SSSR count). The molecule has 27 heavy (non-hydrogen) atoms. The highest BCUT2D eigenvalue weighted by atomic mass is 35.5. The van der Waals surface area contributed by atoms with Gasteiger partial charge >= 0.3 is 5.97 Å². The Morgan fingerprint density at radius 1 is 1.37 bits per heavy atom. The Morgan fingerprint density at radius 2 is 2.19 bits per heavy atom. The normalized spacial score (nSPS) is 12.0. The minimum atomic E-state index is -1.02. The first-order chi connectivity index (χ1) is 12.9. The third kappa shape index (κ3) is 4.96. The number of benzene rings is 1. The van der Waals surface area contributed by atoms with Crippen molar-refractivity contribution in [3.63, 3.8) is 0 Å². The van der Waals surface area contributed by atoms with E-state index < -0.39 is 17.8 Å². The molecule has 0 radical (unpaired) electrons. The number of ether oxygens (including phenoxy) is 1. The molecular formula is C16H14ClFN6O3. The summed E-state index contributed by atoms with van der Waals surface area (Å²) in [6.07, 6.45) is 1.16. The number of nitrogens with zero attached hydrogens (tertiary/aromatic N) is 5. The summed E-state index contributed by atoms with van der Waals surface area (Å²) >= 11 is 5.74. The predicted molar refractivity (Wildman–Crippen MR) is 92.8 cm³/mol. The lowest BCUT2D eigenvalue weighted by Crippen LogP contribution is -2.30. The maximum Gasteiger partial charge on any atom is 0.304 e. The Balaban J connectivity index is 1.72. The zero-order valence-electron chi connectivity index (χ0n) is 13.8. The molecule has 11 heteroatoms. The summed E-state index contributed by atoms with van der Waals surface area (Å²) in [6, 6.07) is 6.61. The summed E-state index contributed by atoms with van der Waals surface area (Å²) in [5.41, 5.74) is 6.06. The van der Waals surface area contributed by atoms with E-state index in [9.17, 15) is 9.18 Å². The van der Waals surface area contributed by atoms with Gasteiger partial charge in [0.15, 0.2) is 11.6 Å². The maximum atomic E-state index is 14.3. The molecule has 3 N–H and O–H groups in total. The number of rotatable bonds is 7. The zero-order valence-corrected chi connectivity index (χ0v) is 14.5. The molecule has 1 atom stereocenters. The van der Waals surface area contributed by atoms with Gasteiger partial charge < -0.3 is 15.6 Å². The fourth-order valence-electron chi connectivity index (χ4n) is 2.19. The molecule has 0 saturated carbocycles. The number of carboxylic acid groups (broad SMARTS) is 1. The van der Waals surface area contributed by atoms with Crippen LogP contribution in [-0.2, 0) is 11.3 Å². The first-order valence-corrected chi connectivity index (χ1v) is 8.13. The first kappa shape index (κ1) is 18.7. The van der Waals surface area contributed by atoms with Gasteiger partial charge in [0, 0.05) is 23.9 Å². The number of carboxylic acids is 1. The van der Waals surface area contributed by atoms with Gasteiger partial charge in [-0.3, -0.25) is 4.79 Å². The number of carbonyl (C=O) groups is 1. The monoisotopic (exact) mass is 392 g/mol. The van der Waals surface area contributed by atoms with Crippen molar-refractivity contribution in [2.75, 3.05) is 0 Å². The molecular weight excluding hydrogens is 379 g/mol. The Hall–Kier alpha value is -3.11. The van der Waals surface area contributed by atoms with Crippen LogP contribution in [0, 0.1) is 5.82 Å².